The third-order valence-electron chi connectivity index (χ3n) is 4.36. The molecule has 7 nitrogen and oxygen atoms in total. The number of anilines is 3. The maximum absolute atomic E-state index is 12.7. The molecule has 0 saturated heterocycles. The van der Waals surface area contributed by atoms with Crippen molar-refractivity contribution in [1.29, 1.82) is 0 Å². The second kappa shape index (κ2) is 9.05. The Bertz CT molecular complexity index is 1000. The molecule has 0 radical (unpaired) electrons. The molecule has 0 fully saturated rings. The van der Waals surface area contributed by atoms with Gasteiger partial charge in [-0.3, -0.25) is 4.79 Å². The molecule has 2 aromatic carbocycles. The number of aryl methyl sites for hydroxylation is 2. The van der Waals surface area contributed by atoms with Crippen LogP contribution in [0.5, 0.6) is 11.5 Å². The largest absolute Gasteiger partial charge is 0.497 e. The van der Waals surface area contributed by atoms with Crippen LogP contribution >= 0.6 is 0 Å². The van der Waals surface area contributed by atoms with Gasteiger partial charge in [-0.15, -0.1) is 0 Å². The number of carbonyl (C=O) groups excluding carboxylic acids is 1. The van der Waals surface area contributed by atoms with E-state index in [0.29, 0.717) is 28.8 Å². The van der Waals surface area contributed by atoms with Gasteiger partial charge < -0.3 is 20.1 Å². The van der Waals surface area contributed by atoms with E-state index in [1.807, 2.05) is 36.4 Å². The number of hydrogen-bond acceptors (Lipinski definition) is 6. The summed E-state index contributed by atoms with van der Waals surface area (Å²) in [6, 6.07) is 14.7. The van der Waals surface area contributed by atoms with E-state index in [4.69, 9.17) is 9.47 Å². The van der Waals surface area contributed by atoms with Crippen LogP contribution in [0, 0.1) is 6.92 Å². The predicted octanol–water partition coefficient (Wildman–Crippen LogP) is 4.36. The fraction of sp³-hybridized carbons (Fsp3) is 0.227. The second-order valence-corrected chi connectivity index (χ2v) is 6.38. The first-order valence-electron chi connectivity index (χ1n) is 9.27. The summed E-state index contributed by atoms with van der Waals surface area (Å²) in [6.07, 6.45) is 0.948. The molecule has 0 bridgehead atoms. The SMILES string of the molecule is CCc1ccc(NC(=O)c2cc(Nc3ccc(OC)cc3OC)nc(C)n2)cc1. The first kappa shape index (κ1) is 20.1. The van der Waals surface area contributed by atoms with E-state index in [2.05, 4.69) is 27.5 Å². The topological polar surface area (TPSA) is 85.4 Å². The quantitative estimate of drug-likeness (QED) is 0.621. The van der Waals surface area contributed by atoms with Crippen molar-refractivity contribution in [1.82, 2.24) is 9.97 Å². The van der Waals surface area contributed by atoms with Crippen LogP contribution in [0.25, 0.3) is 0 Å². The van der Waals surface area contributed by atoms with Crippen LogP contribution in [-0.4, -0.2) is 30.1 Å². The van der Waals surface area contributed by atoms with Crippen LogP contribution < -0.4 is 20.1 Å². The smallest absolute Gasteiger partial charge is 0.274 e. The standard InChI is InChI=1S/C22H24N4O3/c1-5-15-6-8-16(9-7-15)25-22(27)19-13-21(24-14(2)23-19)26-18-11-10-17(28-3)12-20(18)29-4/h6-13H,5H2,1-4H3,(H,25,27)(H,23,24,26). The molecule has 0 unspecified atom stereocenters. The summed E-state index contributed by atoms with van der Waals surface area (Å²) in [7, 11) is 3.17. The monoisotopic (exact) mass is 392 g/mol. The third kappa shape index (κ3) is 5.01. The van der Waals surface area contributed by atoms with E-state index in [1.54, 1.807) is 33.3 Å². The van der Waals surface area contributed by atoms with Gasteiger partial charge in [-0.2, -0.15) is 0 Å². The first-order valence-corrected chi connectivity index (χ1v) is 9.27. The molecule has 1 aromatic heterocycles. The minimum atomic E-state index is -0.301. The highest BCUT2D eigenvalue weighted by Crippen LogP contribution is 2.31. The van der Waals surface area contributed by atoms with E-state index in [-0.39, 0.29) is 11.6 Å². The number of benzene rings is 2. The molecule has 0 spiro atoms. The average molecular weight is 392 g/mol. The van der Waals surface area contributed by atoms with Gasteiger partial charge in [0.2, 0.25) is 0 Å². The number of nitrogens with one attached hydrogen (secondary N) is 2. The molecule has 0 aliphatic heterocycles. The van der Waals surface area contributed by atoms with Gasteiger partial charge in [0.1, 0.15) is 28.8 Å². The molecule has 150 valence electrons. The van der Waals surface area contributed by atoms with Crippen molar-refractivity contribution >= 4 is 23.1 Å². The molecule has 0 aliphatic rings. The molecular weight excluding hydrogens is 368 g/mol. The summed E-state index contributed by atoms with van der Waals surface area (Å²) in [5, 5.41) is 6.05. The molecule has 0 atom stereocenters. The van der Waals surface area contributed by atoms with Gasteiger partial charge in [0.05, 0.1) is 19.9 Å². The molecule has 1 amide bonds. The lowest BCUT2D eigenvalue weighted by molar-refractivity contribution is 0.102. The van der Waals surface area contributed by atoms with Gasteiger partial charge in [0.15, 0.2) is 0 Å². The first-order chi connectivity index (χ1) is 14.0. The summed E-state index contributed by atoms with van der Waals surface area (Å²) in [6.45, 7) is 3.83. The molecule has 3 rings (SSSR count). The number of carbonyl (C=O) groups is 1. The summed E-state index contributed by atoms with van der Waals surface area (Å²) in [5.74, 6) is 1.95. The summed E-state index contributed by atoms with van der Waals surface area (Å²) in [4.78, 5) is 21.3. The number of rotatable bonds is 7. The van der Waals surface area contributed by atoms with Crippen molar-refractivity contribution in [3.05, 3.63) is 65.6 Å². The Morgan fingerprint density at radius 1 is 1.00 bits per heavy atom. The van der Waals surface area contributed by atoms with Crippen molar-refractivity contribution in [2.24, 2.45) is 0 Å². The van der Waals surface area contributed by atoms with E-state index >= 15 is 0 Å². The molecule has 29 heavy (non-hydrogen) atoms. The lowest BCUT2D eigenvalue weighted by Gasteiger charge is -2.13. The Morgan fingerprint density at radius 2 is 1.76 bits per heavy atom. The fourth-order valence-corrected chi connectivity index (χ4v) is 2.81. The van der Waals surface area contributed by atoms with Gasteiger partial charge in [-0.1, -0.05) is 19.1 Å². The Kier molecular flexibility index (Phi) is 6.29. The molecule has 2 N–H and O–H groups in total. The van der Waals surface area contributed by atoms with Gasteiger partial charge in [0, 0.05) is 17.8 Å². The van der Waals surface area contributed by atoms with Gasteiger partial charge in [-0.25, -0.2) is 9.97 Å². The van der Waals surface area contributed by atoms with Crippen LogP contribution in [-0.2, 0) is 6.42 Å². The van der Waals surface area contributed by atoms with Crippen LogP contribution in [0.2, 0.25) is 0 Å². The van der Waals surface area contributed by atoms with Crippen molar-refractivity contribution < 1.29 is 14.3 Å². The number of amides is 1. The number of methoxy groups -OCH3 is 2. The zero-order valence-electron chi connectivity index (χ0n) is 16.9. The van der Waals surface area contributed by atoms with Gasteiger partial charge in [0.25, 0.3) is 5.91 Å². The lowest BCUT2D eigenvalue weighted by atomic mass is 10.1. The van der Waals surface area contributed by atoms with E-state index < -0.39 is 0 Å². The summed E-state index contributed by atoms with van der Waals surface area (Å²) in [5.41, 5.74) is 2.90. The molecule has 0 aliphatic carbocycles. The summed E-state index contributed by atoms with van der Waals surface area (Å²) >= 11 is 0. The fourth-order valence-electron chi connectivity index (χ4n) is 2.81. The molecule has 3 aromatic rings. The van der Waals surface area contributed by atoms with Crippen LogP contribution in [0.1, 0.15) is 28.8 Å². The van der Waals surface area contributed by atoms with E-state index in [1.165, 1.54) is 5.56 Å². The summed E-state index contributed by atoms with van der Waals surface area (Å²) < 4.78 is 10.6. The minimum Gasteiger partial charge on any atom is -0.497 e. The number of hydrogen-bond donors (Lipinski definition) is 2. The highest BCUT2D eigenvalue weighted by Gasteiger charge is 2.13. The lowest BCUT2D eigenvalue weighted by Crippen LogP contribution is -2.15. The molecule has 7 heteroatoms. The van der Waals surface area contributed by atoms with Crippen LogP contribution in [0.4, 0.5) is 17.2 Å². The zero-order valence-corrected chi connectivity index (χ0v) is 16.9. The Hall–Kier alpha value is -3.61. The maximum Gasteiger partial charge on any atom is 0.274 e. The Balaban J connectivity index is 1.81. The number of nitrogens with zero attached hydrogens (tertiary/aromatic N) is 2. The zero-order chi connectivity index (χ0) is 20.8. The minimum absolute atomic E-state index is 0.270. The second-order valence-electron chi connectivity index (χ2n) is 6.38. The van der Waals surface area contributed by atoms with Crippen LogP contribution in [0.15, 0.2) is 48.5 Å². The molecular formula is C22H24N4O3. The van der Waals surface area contributed by atoms with Crippen LogP contribution in [0.3, 0.4) is 0 Å². The highest BCUT2D eigenvalue weighted by atomic mass is 16.5. The third-order valence-corrected chi connectivity index (χ3v) is 4.36. The van der Waals surface area contributed by atoms with Gasteiger partial charge in [-0.05, 0) is 43.2 Å². The molecule has 0 saturated carbocycles. The van der Waals surface area contributed by atoms with Crippen molar-refractivity contribution in [3.63, 3.8) is 0 Å². The number of ether oxygens (including phenoxy) is 2. The normalized spacial score (nSPS) is 10.3. The Morgan fingerprint density at radius 3 is 2.41 bits per heavy atom. The van der Waals surface area contributed by atoms with Gasteiger partial charge >= 0.3 is 0 Å². The predicted molar refractivity (Wildman–Crippen MR) is 113 cm³/mol. The van der Waals surface area contributed by atoms with Crippen molar-refractivity contribution in [2.75, 3.05) is 24.9 Å². The van der Waals surface area contributed by atoms with Crippen molar-refractivity contribution in [3.8, 4) is 11.5 Å². The average Bonchev–Trinajstić information content (AvgIpc) is 2.74. The van der Waals surface area contributed by atoms with Crippen molar-refractivity contribution in [2.45, 2.75) is 20.3 Å². The maximum atomic E-state index is 12.7. The highest BCUT2D eigenvalue weighted by molar-refractivity contribution is 6.03. The number of aromatic nitrogens is 2. The van der Waals surface area contributed by atoms with E-state index in [0.717, 1.165) is 12.1 Å². The molecule has 1 heterocycles. The Labute approximate surface area is 170 Å². The van der Waals surface area contributed by atoms with E-state index in [9.17, 15) is 4.79 Å².